The topological polar surface area (TPSA) is 103 Å². The van der Waals surface area contributed by atoms with Crippen molar-refractivity contribution in [3.63, 3.8) is 0 Å². The van der Waals surface area contributed by atoms with Gasteiger partial charge in [-0.2, -0.15) is 10.2 Å². The predicted octanol–water partition coefficient (Wildman–Crippen LogP) is 2.02. The number of guanidine groups is 1. The number of benzene rings is 1. The second-order valence-electron chi connectivity index (χ2n) is 4.26. The molecule has 0 aliphatic rings. The van der Waals surface area contributed by atoms with Gasteiger partial charge in [0.25, 0.3) is 0 Å². The van der Waals surface area contributed by atoms with Gasteiger partial charge in [-0.3, -0.25) is 10.5 Å². The molecule has 2 rings (SSSR count). The summed E-state index contributed by atoms with van der Waals surface area (Å²) in [4.78, 5) is 0. The summed E-state index contributed by atoms with van der Waals surface area (Å²) in [6.45, 7) is 0. The Balaban J connectivity index is 2.27. The lowest BCUT2D eigenvalue weighted by atomic mass is 10.0. The van der Waals surface area contributed by atoms with Crippen LogP contribution < -0.4 is 11.2 Å². The van der Waals surface area contributed by atoms with Gasteiger partial charge in [-0.15, -0.1) is 0 Å². The van der Waals surface area contributed by atoms with E-state index in [0.717, 1.165) is 5.69 Å². The zero-order valence-corrected chi connectivity index (χ0v) is 11.8. The fraction of sp³-hybridized carbons (Fsp3) is 0.154. The highest BCUT2D eigenvalue weighted by molar-refractivity contribution is 6.34. The number of hydrogen-bond donors (Lipinski definition) is 4. The van der Waals surface area contributed by atoms with E-state index >= 15 is 0 Å². The summed E-state index contributed by atoms with van der Waals surface area (Å²) in [5.74, 6) is -0.808. The van der Waals surface area contributed by atoms with E-state index in [9.17, 15) is 4.39 Å². The third kappa shape index (κ3) is 4.03. The number of aromatic nitrogens is 2. The second kappa shape index (κ2) is 6.85. The third-order valence-corrected chi connectivity index (χ3v) is 3.07. The monoisotopic (exact) mass is 308 g/mol. The highest BCUT2D eigenvalue weighted by Gasteiger charge is 2.14. The average molecular weight is 309 g/mol. The molecular formula is C13H14ClFN6. The van der Waals surface area contributed by atoms with Crippen LogP contribution in [0.15, 0.2) is 35.6 Å². The van der Waals surface area contributed by atoms with Crippen LogP contribution in [0, 0.1) is 11.2 Å². The number of nitrogens with two attached hydrogens (primary N) is 1. The van der Waals surface area contributed by atoms with Gasteiger partial charge in [-0.25, -0.2) is 9.82 Å². The minimum Gasteiger partial charge on any atom is -0.369 e. The number of hydrazone groups is 1. The van der Waals surface area contributed by atoms with Crippen molar-refractivity contribution in [3.05, 3.63) is 52.6 Å². The summed E-state index contributed by atoms with van der Waals surface area (Å²) in [7, 11) is 0. The van der Waals surface area contributed by atoms with Crippen molar-refractivity contribution in [1.29, 1.82) is 5.41 Å². The molecule has 0 aliphatic carbocycles. The van der Waals surface area contributed by atoms with Gasteiger partial charge in [0.2, 0.25) is 5.96 Å². The number of nitrogens with zero attached hydrogens (tertiary/aromatic N) is 2. The first kappa shape index (κ1) is 15.0. The van der Waals surface area contributed by atoms with E-state index in [2.05, 4.69) is 20.7 Å². The van der Waals surface area contributed by atoms with Crippen molar-refractivity contribution in [3.8, 4) is 0 Å². The fourth-order valence-electron chi connectivity index (χ4n) is 1.82. The molecule has 5 N–H and O–H groups in total. The third-order valence-electron chi connectivity index (χ3n) is 2.75. The number of aryl methyl sites for hydroxylation is 1. The van der Waals surface area contributed by atoms with Crippen LogP contribution in [0.3, 0.4) is 0 Å². The van der Waals surface area contributed by atoms with Crippen LogP contribution in [0.2, 0.25) is 5.02 Å². The lowest BCUT2D eigenvalue weighted by molar-refractivity contribution is 0.624. The molecule has 0 saturated heterocycles. The average Bonchev–Trinajstić information content (AvgIpc) is 2.93. The van der Waals surface area contributed by atoms with Crippen LogP contribution >= 0.6 is 11.6 Å². The minimum absolute atomic E-state index is 0.201. The Morgan fingerprint density at radius 1 is 1.48 bits per heavy atom. The number of aromatic amines is 1. The van der Waals surface area contributed by atoms with Gasteiger partial charge in [0, 0.05) is 11.9 Å². The molecule has 8 heteroatoms. The molecule has 110 valence electrons. The Kier molecular flexibility index (Phi) is 4.89. The second-order valence-corrected chi connectivity index (χ2v) is 4.67. The summed E-state index contributed by atoms with van der Waals surface area (Å²) in [5, 5.41) is 18.0. The lowest BCUT2D eigenvalue weighted by Crippen LogP contribution is -2.27. The zero-order valence-electron chi connectivity index (χ0n) is 11.0. The summed E-state index contributed by atoms with van der Waals surface area (Å²) in [6, 6.07) is 6.23. The van der Waals surface area contributed by atoms with E-state index in [1.54, 1.807) is 12.3 Å². The molecule has 0 aliphatic heterocycles. The Morgan fingerprint density at radius 2 is 2.29 bits per heavy atom. The van der Waals surface area contributed by atoms with Crippen LogP contribution in [-0.4, -0.2) is 21.9 Å². The smallest absolute Gasteiger partial charge is 0.206 e. The predicted molar refractivity (Wildman–Crippen MR) is 79.9 cm³/mol. The van der Waals surface area contributed by atoms with Gasteiger partial charge in [0.05, 0.1) is 16.3 Å². The molecule has 0 unspecified atom stereocenters. The van der Waals surface area contributed by atoms with Crippen molar-refractivity contribution in [1.82, 2.24) is 15.6 Å². The standard InChI is InChI=1S/C13H14ClFN6/c14-9-2-1-3-10(15)12(9)11(20-21-13(16)17)5-4-8-6-7-18-19-8/h1-3,6-7H,4-5H2,(H,18,19)(H4,16,17,21). The van der Waals surface area contributed by atoms with Crippen LogP contribution in [-0.2, 0) is 6.42 Å². The molecular weight excluding hydrogens is 295 g/mol. The lowest BCUT2D eigenvalue weighted by Gasteiger charge is -2.10. The number of hydrogen-bond acceptors (Lipinski definition) is 3. The molecule has 1 aromatic carbocycles. The fourth-order valence-corrected chi connectivity index (χ4v) is 2.09. The van der Waals surface area contributed by atoms with Gasteiger partial charge >= 0.3 is 0 Å². The number of rotatable bonds is 5. The van der Waals surface area contributed by atoms with Gasteiger partial charge in [0.1, 0.15) is 5.82 Å². The van der Waals surface area contributed by atoms with Crippen molar-refractivity contribution in [2.75, 3.05) is 0 Å². The van der Waals surface area contributed by atoms with Gasteiger partial charge in [0.15, 0.2) is 0 Å². The van der Waals surface area contributed by atoms with E-state index in [4.69, 9.17) is 22.7 Å². The molecule has 6 nitrogen and oxygen atoms in total. The zero-order chi connectivity index (χ0) is 15.2. The van der Waals surface area contributed by atoms with E-state index in [0.29, 0.717) is 18.6 Å². The number of halogens is 2. The molecule has 0 amide bonds. The van der Waals surface area contributed by atoms with Crippen LogP contribution in [0.25, 0.3) is 0 Å². The van der Waals surface area contributed by atoms with Gasteiger partial charge in [-0.05, 0) is 31.0 Å². The van der Waals surface area contributed by atoms with Crippen molar-refractivity contribution < 1.29 is 4.39 Å². The van der Waals surface area contributed by atoms with Gasteiger partial charge in [-0.1, -0.05) is 17.7 Å². The minimum atomic E-state index is -0.476. The maximum Gasteiger partial charge on any atom is 0.206 e. The molecule has 1 heterocycles. The molecule has 21 heavy (non-hydrogen) atoms. The maximum atomic E-state index is 14.0. The first-order valence-corrected chi connectivity index (χ1v) is 6.55. The quantitative estimate of drug-likeness (QED) is 0.386. The summed E-state index contributed by atoms with van der Waals surface area (Å²) in [6.07, 6.45) is 2.61. The summed E-state index contributed by atoms with van der Waals surface area (Å²) in [5.41, 5.74) is 9.00. The van der Waals surface area contributed by atoms with Crippen molar-refractivity contribution in [2.45, 2.75) is 12.8 Å². The molecule has 0 atom stereocenters. The Hall–Kier alpha value is -2.41. The molecule has 0 bridgehead atoms. The maximum absolute atomic E-state index is 14.0. The molecule has 1 aromatic heterocycles. The summed E-state index contributed by atoms with van der Waals surface area (Å²) >= 11 is 6.05. The van der Waals surface area contributed by atoms with E-state index in [-0.39, 0.29) is 16.5 Å². The SMILES string of the molecule is N=C(N)NN=C(CCc1ccn[nH]1)c1c(F)cccc1Cl. The van der Waals surface area contributed by atoms with Crippen molar-refractivity contribution in [2.24, 2.45) is 10.8 Å². The summed E-state index contributed by atoms with van der Waals surface area (Å²) < 4.78 is 14.0. The largest absolute Gasteiger partial charge is 0.369 e. The Bertz CT molecular complexity index is 632. The van der Waals surface area contributed by atoms with Crippen LogP contribution in [0.5, 0.6) is 0 Å². The van der Waals surface area contributed by atoms with E-state index in [1.165, 1.54) is 12.1 Å². The van der Waals surface area contributed by atoms with Crippen LogP contribution in [0.4, 0.5) is 4.39 Å². The van der Waals surface area contributed by atoms with Gasteiger partial charge < -0.3 is 5.73 Å². The highest BCUT2D eigenvalue weighted by Crippen LogP contribution is 2.21. The number of nitrogens with one attached hydrogen (secondary N) is 3. The highest BCUT2D eigenvalue weighted by atomic mass is 35.5. The number of H-pyrrole nitrogens is 1. The first-order chi connectivity index (χ1) is 10.1. The Labute approximate surface area is 125 Å². The molecule has 2 aromatic rings. The van der Waals surface area contributed by atoms with E-state index in [1.807, 2.05) is 6.07 Å². The molecule has 0 spiro atoms. The normalized spacial score (nSPS) is 11.4. The molecule has 0 radical (unpaired) electrons. The van der Waals surface area contributed by atoms with Crippen molar-refractivity contribution >= 4 is 23.3 Å². The first-order valence-electron chi connectivity index (χ1n) is 6.17. The Morgan fingerprint density at radius 3 is 2.90 bits per heavy atom. The van der Waals surface area contributed by atoms with Crippen LogP contribution in [0.1, 0.15) is 17.7 Å². The molecule has 0 fully saturated rings. The van der Waals surface area contributed by atoms with E-state index < -0.39 is 5.82 Å². The molecule has 0 saturated carbocycles.